The molecule has 0 atom stereocenters. The molecule has 0 saturated carbocycles. The topological polar surface area (TPSA) is 63.8 Å². The molecule has 0 unspecified atom stereocenters. The fourth-order valence-corrected chi connectivity index (χ4v) is 2.60. The summed E-state index contributed by atoms with van der Waals surface area (Å²) in [4.78, 5) is 12.0. The van der Waals surface area contributed by atoms with Crippen molar-refractivity contribution >= 4 is 35.3 Å². The highest BCUT2D eigenvalue weighted by molar-refractivity contribution is 6.35. The van der Waals surface area contributed by atoms with Gasteiger partial charge in [0.2, 0.25) is 0 Å². The van der Waals surface area contributed by atoms with Crippen LogP contribution < -0.4 is 10.2 Å². The van der Waals surface area contributed by atoms with Gasteiger partial charge in [-0.2, -0.15) is 5.10 Å². The summed E-state index contributed by atoms with van der Waals surface area (Å²) in [6, 6.07) is 15.3. The van der Waals surface area contributed by atoms with Gasteiger partial charge in [-0.05, 0) is 54.6 Å². The molecule has 1 aromatic heterocycles. The molecular formula is C19H14Cl2N2O3. The molecule has 26 heavy (non-hydrogen) atoms. The highest BCUT2D eigenvalue weighted by atomic mass is 35.5. The lowest BCUT2D eigenvalue weighted by atomic mass is 10.2. The molecule has 0 fully saturated rings. The van der Waals surface area contributed by atoms with Gasteiger partial charge in [0.1, 0.15) is 17.3 Å². The van der Waals surface area contributed by atoms with E-state index in [-0.39, 0.29) is 5.91 Å². The summed E-state index contributed by atoms with van der Waals surface area (Å²) < 4.78 is 10.7. The number of amides is 1. The van der Waals surface area contributed by atoms with Crippen molar-refractivity contribution in [2.45, 2.75) is 0 Å². The standard InChI is InChI=1S/C19H14Cl2N2O3/c1-25-14-5-2-12(3-6-14)19(24)23-22-11-15-7-9-18(26-15)16-10-13(20)4-8-17(16)21/h2-11H,1H3,(H,23,24). The number of nitrogens with one attached hydrogen (secondary N) is 1. The first-order valence-corrected chi connectivity index (χ1v) is 8.35. The van der Waals surface area contributed by atoms with Crippen molar-refractivity contribution in [3.05, 3.63) is 76.0 Å². The van der Waals surface area contributed by atoms with Gasteiger partial charge < -0.3 is 9.15 Å². The average molecular weight is 389 g/mol. The predicted molar refractivity (Wildman–Crippen MR) is 102 cm³/mol. The minimum Gasteiger partial charge on any atom is -0.497 e. The van der Waals surface area contributed by atoms with Gasteiger partial charge in [0, 0.05) is 16.1 Å². The van der Waals surface area contributed by atoms with Crippen LogP contribution in [-0.2, 0) is 0 Å². The van der Waals surface area contributed by atoms with Crippen molar-refractivity contribution in [2.24, 2.45) is 5.10 Å². The van der Waals surface area contributed by atoms with Crippen LogP contribution in [0.25, 0.3) is 11.3 Å². The number of methoxy groups -OCH3 is 1. The van der Waals surface area contributed by atoms with Crippen LogP contribution >= 0.6 is 23.2 Å². The smallest absolute Gasteiger partial charge is 0.271 e. The van der Waals surface area contributed by atoms with Gasteiger partial charge in [-0.15, -0.1) is 0 Å². The van der Waals surface area contributed by atoms with E-state index in [1.807, 2.05) is 0 Å². The van der Waals surface area contributed by atoms with Crippen molar-refractivity contribution in [1.82, 2.24) is 5.43 Å². The van der Waals surface area contributed by atoms with Crippen LogP contribution in [-0.4, -0.2) is 19.2 Å². The summed E-state index contributed by atoms with van der Waals surface area (Å²) in [5.74, 6) is 1.35. The first kappa shape index (κ1) is 18.0. The molecular weight excluding hydrogens is 375 g/mol. The number of nitrogens with zero attached hydrogens (tertiary/aromatic N) is 1. The van der Waals surface area contributed by atoms with Crippen molar-refractivity contribution in [3.8, 4) is 17.1 Å². The number of carbonyl (C=O) groups excluding carboxylic acids is 1. The Hall–Kier alpha value is -2.76. The molecule has 3 aromatic rings. The quantitative estimate of drug-likeness (QED) is 0.492. The number of rotatable bonds is 5. The first-order chi connectivity index (χ1) is 12.6. The molecule has 0 saturated heterocycles. The second-order valence-electron chi connectivity index (χ2n) is 5.25. The van der Waals surface area contributed by atoms with Gasteiger partial charge in [0.15, 0.2) is 0 Å². The Labute approximate surface area is 160 Å². The average Bonchev–Trinajstić information content (AvgIpc) is 3.12. The Morgan fingerprint density at radius 1 is 1.12 bits per heavy atom. The Morgan fingerprint density at radius 3 is 2.62 bits per heavy atom. The fourth-order valence-electron chi connectivity index (χ4n) is 2.21. The largest absolute Gasteiger partial charge is 0.497 e. The molecule has 5 nitrogen and oxygen atoms in total. The molecule has 7 heteroatoms. The molecule has 1 heterocycles. The van der Waals surface area contributed by atoms with E-state index in [0.29, 0.717) is 38.4 Å². The molecule has 0 aliphatic rings. The third-order valence-corrected chi connectivity index (χ3v) is 4.10. The van der Waals surface area contributed by atoms with Gasteiger partial charge in [-0.1, -0.05) is 23.2 Å². The van der Waals surface area contributed by atoms with E-state index in [1.165, 1.54) is 6.21 Å². The minimum absolute atomic E-state index is 0.339. The van der Waals surface area contributed by atoms with Crippen molar-refractivity contribution in [1.29, 1.82) is 0 Å². The van der Waals surface area contributed by atoms with E-state index in [2.05, 4.69) is 10.5 Å². The Balaban J connectivity index is 1.66. The van der Waals surface area contributed by atoms with Gasteiger partial charge in [-0.25, -0.2) is 5.43 Å². The summed E-state index contributed by atoms with van der Waals surface area (Å²) >= 11 is 12.1. The highest BCUT2D eigenvalue weighted by Gasteiger charge is 2.09. The van der Waals surface area contributed by atoms with E-state index < -0.39 is 0 Å². The first-order valence-electron chi connectivity index (χ1n) is 7.59. The van der Waals surface area contributed by atoms with E-state index in [4.69, 9.17) is 32.4 Å². The third-order valence-electron chi connectivity index (χ3n) is 3.53. The van der Waals surface area contributed by atoms with Crippen LogP contribution in [0, 0.1) is 0 Å². The van der Waals surface area contributed by atoms with Gasteiger partial charge in [0.05, 0.1) is 18.3 Å². The van der Waals surface area contributed by atoms with E-state index in [1.54, 1.807) is 61.7 Å². The SMILES string of the molecule is COc1ccc(C(=O)NN=Cc2ccc(-c3cc(Cl)ccc3Cl)o2)cc1. The van der Waals surface area contributed by atoms with Gasteiger partial charge >= 0.3 is 0 Å². The number of hydrazone groups is 1. The molecule has 0 aliphatic carbocycles. The maximum absolute atomic E-state index is 12.0. The summed E-state index contributed by atoms with van der Waals surface area (Å²) in [7, 11) is 1.56. The van der Waals surface area contributed by atoms with E-state index >= 15 is 0 Å². The molecule has 2 aromatic carbocycles. The molecule has 0 aliphatic heterocycles. The normalized spacial score (nSPS) is 10.9. The van der Waals surface area contributed by atoms with Crippen molar-refractivity contribution < 1.29 is 13.9 Å². The number of carbonyl (C=O) groups is 1. The van der Waals surface area contributed by atoms with Crippen molar-refractivity contribution in [3.63, 3.8) is 0 Å². The number of hydrogen-bond donors (Lipinski definition) is 1. The summed E-state index contributed by atoms with van der Waals surface area (Å²) in [6.07, 6.45) is 1.41. The van der Waals surface area contributed by atoms with Gasteiger partial charge in [0.25, 0.3) is 5.91 Å². The molecule has 132 valence electrons. The second kappa shape index (κ2) is 8.08. The summed E-state index contributed by atoms with van der Waals surface area (Å²) in [6.45, 7) is 0. The van der Waals surface area contributed by atoms with Crippen LogP contribution in [0.2, 0.25) is 10.0 Å². The van der Waals surface area contributed by atoms with Gasteiger partial charge in [-0.3, -0.25) is 4.79 Å². The predicted octanol–water partition coefficient (Wildman–Crippen LogP) is 5.03. The van der Waals surface area contributed by atoms with Crippen LogP contribution in [0.1, 0.15) is 16.1 Å². The van der Waals surface area contributed by atoms with E-state index in [0.717, 1.165) is 0 Å². The number of furan rings is 1. The second-order valence-corrected chi connectivity index (χ2v) is 6.10. The zero-order valence-corrected chi connectivity index (χ0v) is 15.2. The lowest BCUT2D eigenvalue weighted by Crippen LogP contribution is -2.17. The van der Waals surface area contributed by atoms with Crippen LogP contribution in [0.4, 0.5) is 0 Å². The number of benzene rings is 2. The minimum atomic E-state index is -0.339. The molecule has 0 radical (unpaired) electrons. The maximum Gasteiger partial charge on any atom is 0.271 e. The maximum atomic E-state index is 12.0. The van der Waals surface area contributed by atoms with Crippen molar-refractivity contribution in [2.75, 3.05) is 7.11 Å². The molecule has 0 spiro atoms. The molecule has 0 bridgehead atoms. The highest BCUT2D eigenvalue weighted by Crippen LogP contribution is 2.31. The zero-order valence-electron chi connectivity index (χ0n) is 13.7. The number of ether oxygens (including phenoxy) is 1. The third kappa shape index (κ3) is 4.25. The van der Waals surface area contributed by atoms with Crippen LogP contribution in [0.5, 0.6) is 5.75 Å². The van der Waals surface area contributed by atoms with Crippen LogP contribution in [0.15, 0.2) is 64.1 Å². The lowest BCUT2D eigenvalue weighted by Gasteiger charge is -2.02. The monoisotopic (exact) mass is 388 g/mol. The fraction of sp³-hybridized carbons (Fsp3) is 0.0526. The lowest BCUT2D eigenvalue weighted by molar-refractivity contribution is 0.0955. The van der Waals surface area contributed by atoms with Crippen LogP contribution in [0.3, 0.4) is 0 Å². The number of halogens is 2. The summed E-state index contributed by atoms with van der Waals surface area (Å²) in [5, 5.41) is 4.98. The molecule has 1 N–H and O–H groups in total. The Morgan fingerprint density at radius 2 is 1.88 bits per heavy atom. The Kier molecular flexibility index (Phi) is 5.61. The summed E-state index contributed by atoms with van der Waals surface area (Å²) in [5.41, 5.74) is 3.58. The molecule has 3 rings (SSSR count). The van der Waals surface area contributed by atoms with E-state index in [9.17, 15) is 4.79 Å². The number of hydrogen-bond acceptors (Lipinski definition) is 4. The zero-order chi connectivity index (χ0) is 18.5. The Bertz CT molecular complexity index is 950. The molecule has 1 amide bonds.